The molecule has 2 nitrogen and oxygen atoms in total. The maximum Gasteiger partial charge on any atom is 0.183 e. The van der Waals surface area contributed by atoms with E-state index in [1.807, 2.05) is 36.4 Å². The van der Waals surface area contributed by atoms with Crippen molar-refractivity contribution >= 4 is 29.2 Å². The zero-order valence-corrected chi connectivity index (χ0v) is 24.6. The molecule has 0 fully saturated rings. The summed E-state index contributed by atoms with van der Waals surface area (Å²) in [5.74, 6) is 0. The van der Waals surface area contributed by atoms with Crippen LogP contribution in [0.15, 0.2) is 72.8 Å². The van der Waals surface area contributed by atoms with Crippen LogP contribution in [0.4, 0.5) is 5.69 Å². The number of benzene rings is 3. The molecule has 3 rings (SSSR count). The second kappa shape index (κ2) is 10.2. The van der Waals surface area contributed by atoms with Crippen molar-refractivity contribution in [2.75, 3.05) is 5.09 Å². The fraction of sp³-hybridized carbons (Fsp3) is 0.419. The summed E-state index contributed by atoms with van der Waals surface area (Å²) >= 11 is 6.40. The summed E-state index contributed by atoms with van der Waals surface area (Å²) < 4.78 is 6.65. The SMILES string of the molecule is CC(C)(C)c1cc(C(C)(C)C)c(N[P@@](=S)(OCc2ccccc2)c2ccccc2)c(C(C)(C)C)c1. The van der Waals surface area contributed by atoms with Crippen LogP contribution in [0.5, 0.6) is 0 Å². The molecular formula is C31H42NOPS. The van der Waals surface area contributed by atoms with Gasteiger partial charge in [0.05, 0.1) is 6.61 Å². The molecule has 0 saturated carbocycles. The van der Waals surface area contributed by atoms with Crippen LogP contribution in [-0.4, -0.2) is 0 Å². The van der Waals surface area contributed by atoms with E-state index in [0.717, 1.165) is 16.6 Å². The Kier molecular flexibility index (Phi) is 8.07. The summed E-state index contributed by atoms with van der Waals surface area (Å²) in [4.78, 5) is 0. The molecule has 0 amide bonds. The van der Waals surface area contributed by atoms with E-state index in [1.165, 1.54) is 16.7 Å². The van der Waals surface area contributed by atoms with E-state index in [4.69, 9.17) is 16.3 Å². The van der Waals surface area contributed by atoms with Crippen LogP contribution in [0.2, 0.25) is 0 Å². The van der Waals surface area contributed by atoms with Crippen molar-refractivity contribution in [1.29, 1.82) is 0 Å². The van der Waals surface area contributed by atoms with E-state index in [9.17, 15) is 0 Å². The highest BCUT2D eigenvalue weighted by atomic mass is 32.4. The van der Waals surface area contributed by atoms with Gasteiger partial charge in [-0.25, -0.2) is 0 Å². The van der Waals surface area contributed by atoms with Gasteiger partial charge in [0.2, 0.25) is 0 Å². The van der Waals surface area contributed by atoms with Gasteiger partial charge in [-0.05, 0) is 62.4 Å². The maximum atomic E-state index is 6.65. The number of hydrogen-bond donors (Lipinski definition) is 1. The first-order valence-electron chi connectivity index (χ1n) is 12.4. The fourth-order valence-electron chi connectivity index (χ4n) is 4.06. The van der Waals surface area contributed by atoms with Crippen molar-refractivity contribution in [2.45, 2.75) is 85.2 Å². The summed E-state index contributed by atoms with van der Waals surface area (Å²) in [5.41, 5.74) is 6.05. The van der Waals surface area contributed by atoms with Crippen molar-refractivity contribution < 1.29 is 4.52 Å². The van der Waals surface area contributed by atoms with E-state index >= 15 is 0 Å². The first-order chi connectivity index (χ1) is 16.1. The van der Waals surface area contributed by atoms with Gasteiger partial charge in [0.15, 0.2) is 6.42 Å². The molecule has 1 atom stereocenters. The smallest absolute Gasteiger partial charge is 0.183 e. The highest BCUT2D eigenvalue weighted by Gasteiger charge is 2.32. The number of rotatable bonds is 6. The van der Waals surface area contributed by atoms with Crippen molar-refractivity contribution in [2.24, 2.45) is 0 Å². The van der Waals surface area contributed by atoms with Gasteiger partial charge < -0.3 is 9.61 Å². The standard InChI is InChI=1S/C31H42NOPS/c1-29(2,3)24-20-26(30(4,5)6)28(27(21-24)31(7,8)9)32-34(35,25-18-14-11-15-19-25)33-22-23-16-12-10-13-17-23/h10-21H,22H2,1-9H3,(H,32,35)/t34-/m1/s1. The topological polar surface area (TPSA) is 21.3 Å². The molecule has 0 aliphatic heterocycles. The molecule has 0 unspecified atom stereocenters. The van der Waals surface area contributed by atoms with Crippen LogP contribution in [0.25, 0.3) is 0 Å². The molecular weight excluding hydrogens is 465 g/mol. The largest absolute Gasteiger partial charge is 0.333 e. The third kappa shape index (κ3) is 6.85. The van der Waals surface area contributed by atoms with E-state index < -0.39 is 6.42 Å². The highest BCUT2D eigenvalue weighted by molar-refractivity contribution is 8.16. The first-order valence-corrected chi connectivity index (χ1v) is 15.2. The molecule has 1 N–H and O–H groups in total. The molecule has 0 spiro atoms. The number of anilines is 1. The van der Waals surface area contributed by atoms with Crippen LogP contribution >= 0.6 is 6.42 Å². The third-order valence-electron chi connectivity index (χ3n) is 6.23. The quantitative estimate of drug-likeness (QED) is 0.337. The molecule has 0 bridgehead atoms. The summed E-state index contributed by atoms with van der Waals surface area (Å²) in [7, 11) is 0. The molecule has 188 valence electrons. The molecule has 0 aliphatic carbocycles. The molecule has 3 aromatic carbocycles. The molecule has 3 aromatic rings. The van der Waals surface area contributed by atoms with Crippen LogP contribution < -0.4 is 10.4 Å². The normalized spacial score (nSPS) is 14.4. The second-order valence-corrected chi connectivity index (χ2v) is 16.1. The second-order valence-electron chi connectivity index (χ2n) is 12.5. The Bertz CT molecular complexity index is 1150. The van der Waals surface area contributed by atoms with Gasteiger partial charge in [-0.2, -0.15) is 0 Å². The van der Waals surface area contributed by atoms with Gasteiger partial charge in [0, 0.05) is 11.0 Å². The predicted molar refractivity (Wildman–Crippen MR) is 158 cm³/mol. The van der Waals surface area contributed by atoms with Gasteiger partial charge in [0.25, 0.3) is 0 Å². The van der Waals surface area contributed by atoms with Gasteiger partial charge in [0.1, 0.15) is 0 Å². The Morgan fingerprint density at radius 1 is 0.686 bits per heavy atom. The van der Waals surface area contributed by atoms with Crippen LogP contribution in [0, 0.1) is 0 Å². The molecule has 35 heavy (non-hydrogen) atoms. The van der Waals surface area contributed by atoms with Crippen molar-refractivity contribution in [1.82, 2.24) is 0 Å². The number of hydrogen-bond acceptors (Lipinski definition) is 2. The average Bonchev–Trinajstić information content (AvgIpc) is 2.77. The van der Waals surface area contributed by atoms with E-state index in [1.54, 1.807) is 0 Å². The monoisotopic (exact) mass is 507 g/mol. The zero-order chi connectivity index (χ0) is 26.1. The number of nitrogens with one attached hydrogen (secondary N) is 1. The fourth-order valence-corrected chi connectivity index (χ4v) is 6.63. The van der Waals surface area contributed by atoms with Crippen LogP contribution in [0.3, 0.4) is 0 Å². The molecule has 0 aliphatic rings. The minimum absolute atomic E-state index is 0.0436. The Labute approximate surface area is 218 Å². The Balaban J connectivity index is 2.22. The predicted octanol–water partition coefficient (Wildman–Crippen LogP) is 8.84. The van der Waals surface area contributed by atoms with Crippen molar-refractivity contribution in [3.05, 3.63) is 95.1 Å². The maximum absolute atomic E-state index is 6.65. The molecule has 0 aromatic heterocycles. The Morgan fingerprint density at radius 3 is 1.57 bits per heavy atom. The van der Waals surface area contributed by atoms with Gasteiger partial charge in [-0.15, -0.1) is 0 Å². The lowest BCUT2D eigenvalue weighted by atomic mass is 9.74. The Morgan fingerprint density at radius 2 is 1.14 bits per heavy atom. The van der Waals surface area contributed by atoms with Crippen molar-refractivity contribution in [3.8, 4) is 0 Å². The lowest BCUT2D eigenvalue weighted by Gasteiger charge is -2.36. The molecule has 0 heterocycles. The highest BCUT2D eigenvalue weighted by Crippen LogP contribution is 2.51. The minimum Gasteiger partial charge on any atom is -0.333 e. The molecule has 4 heteroatoms. The first kappa shape index (κ1) is 27.7. The lowest BCUT2D eigenvalue weighted by molar-refractivity contribution is 0.346. The molecule has 0 saturated heterocycles. The molecule has 0 radical (unpaired) electrons. The lowest BCUT2D eigenvalue weighted by Crippen LogP contribution is -2.25. The third-order valence-corrected chi connectivity index (χ3v) is 9.44. The van der Waals surface area contributed by atoms with Crippen LogP contribution in [0.1, 0.15) is 84.6 Å². The van der Waals surface area contributed by atoms with E-state index in [-0.39, 0.29) is 16.2 Å². The van der Waals surface area contributed by atoms with Gasteiger partial charge in [-0.1, -0.05) is 123 Å². The minimum atomic E-state index is -2.62. The summed E-state index contributed by atoms with van der Waals surface area (Å²) in [6.07, 6.45) is -2.62. The van der Waals surface area contributed by atoms with Crippen molar-refractivity contribution in [3.63, 3.8) is 0 Å². The van der Waals surface area contributed by atoms with E-state index in [2.05, 4.69) is 104 Å². The Hall–Kier alpha value is -1.93. The van der Waals surface area contributed by atoms with Gasteiger partial charge in [-0.3, -0.25) is 0 Å². The zero-order valence-electron chi connectivity index (χ0n) is 22.9. The summed E-state index contributed by atoms with van der Waals surface area (Å²) in [6, 6.07) is 25.3. The summed E-state index contributed by atoms with van der Waals surface area (Å²) in [6.45, 7) is 21.0. The average molecular weight is 508 g/mol. The summed E-state index contributed by atoms with van der Waals surface area (Å²) in [5, 5.41) is 4.91. The van der Waals surface area contributed by atoms with E-state index in [0.29, 0.717) is 6.61 Å². The van der Waals surface area contributed by atoms with Gasteiger partial charge >= 0.3 is 0 Å². The van der Waals surface area contributed by atoms with Crippen LogP contribution in [-0.2, 0) is 39.2 Å².